The van der Waals surface area contributed by atoms with Crippen molar-refractivity contribution in [2.24, 2.45) is 0 Å². The fourth-order valence-corrected chi connectivity index (χ4v) is 5.34. The highest BCUT2D eigenvalue weighted by Gasteiger charge is 2.30. The number of piperidine rings is 1. The van der Waals surface area contributed by atoms with Gasteiger partial charge in [0.2, 0.25) is 0 Å². The Bertz CT molecular complexity index is 1280. The maximum atomic E-state index is 14.7. The summed E-state index contributed by atoms with van der Waals surface area (Å²) in [6, 6.07) is 15.5. The van der Waals surface area contributed by atoms with Gasteiger partial charge in [0.1, 0.15) is 5.82 Å². The number of nitrogens with zero attached hydrogens (tertiary/aromatic N) is 3. The fourth-order valence-electron chi connectivity index (χ4n) is 5.34. The predicted molar refractivity (Wildman–Crippen MR) is 133 cm³/mol. The van der Waals surface area contributed by atoms with Gasteiger partial charge in [-0.3, -0.25) is 14.5 Å². The summed E-state index contributed by atoms with van der Waals surface area (Å²) in [5.74, 6) is -0.757. The van der Waals surface area contributed by atoms with Gasteiger partial charge in [-0.25, -0.2) is 9.49 Å². The molecule has 3 heterocycles. The van der Waals surface area contributed by atoms with Gasteiger partial charge in [-0.2, -0.15) is 5.10 Å². The van der Waals surface area contributed by atoms with E-state index in [0.29, 0.717) is 43.2 Å². The van der Waals surface area contributed by atoms with Crippen molar-refractivity contribution in [3.05, 3.63) is 98.2 Å². The number of carbonyl (C=O) groups is 1. The molecule has 0 spiro atoms. The highest BCUT2D eigenvalue weighted by atomic mass is 19.1. The molecule has 1 fully saturated rings. The molecule has 1 saturated heterocycles. The largest absolute Gasteiger partial charge is 0.338 e. The van der Waals surface area contributed by atoms with Gasteiger partial charge in [-0.1, -0.05) is 37.3 Å². The zero-order chi connectivity index (χ0) is 24.4. The molecule has 0 atom stereocenters. The summed E-state index contributed by atoms with van der Waals surface area (Å²) < 4.78 is 14.7. The van der Waals surface area contributed by atoms with Gasteiger partial charge in [0.15, 0.2) is 0 Å². The van der Waals surface area contributed by atoms with Gasteiger partial charge in [0, 0.05) is 44.2 Å². The van der Waals surface area contributed by atoms with Gasteiger partial charge >= 0.3 is 0 Å². The molecule has 2 aliphatic heterocycles. The third-order valence-electron chi connectivity index (χ3n) is 7.39. The first-order chi connectivity index (χ1) is 17.0. The Hall–Kier alpha value is -3.32. The number of aromatic amines is 1. The van der Waals surface area contributed by atoms with E-state index in [4.69, 9.17) is 0 Å². The van der Waals surface area contributed by atoms with Crippen molar-refractivity contribution >= 4 is 5.91 Å². The minimum absolute atomic E-state index is 0.105. The van der Waals surface area contributed by atoms with E-state index in [-0.39, 0.29) is 17.0 Å². The number of carbonyl (C=O) groups excluding carboxylic acids is 1. The summed E-state index contributed by atoms with van der Waals surface area (Å²) >= 11 is 0. The maximum absolute atomic E-state index is 14.7. The van der Waals surface area contributed by atoms with Crippen LogP contribution < -0.4 is 5.56 Å². The second-order valence-electron chi connectivity index (χ2n) is 9.57. The quantitative estimate of drug-likeness (QED) is 0.612. The van der Waals surface area contributed by atoms with Gasteiger partial charge in [0.05, 0.1) is 11.3 Å². The molecule has 0 radical (unpaired) electrons. The second kappa shape index (κ2) is 10.1. The average Bonchev–Trinajstić information content (AvgIpc) is 2.90. The number of H-pyrrole nitrogens is 1. The normalized spacial score (nSPS) is 16.8. The number of aromatic nitrogens is 2. The van der Waals surface area contributed by atoms with Crippen LogP contribution in [0, 0.1) is 5.82 Å². The van der Waals surface area contributed by atoms with Crippen LogP contribution in [0.5, 0.6) is 0 Å². The number of nitrogens with one attached hydrogen (secondary N) is 1. The van der Waals surface area contributed by atoms with Gasteiger partial charge in [-0.05, 0) is 60.6 Å². The minimum Gasteiger partial charge on any atom is -0.338 e. The molecule has 7 heteroatoms. The van der Waals surface area contributed by atoms with Crippen LogP contribution in [0.2, 0.25) is 0 Å². The van der Waals surface area contributed by atoms with Crippen LogP contribution in [0.3, 0.4) is 0 Å². The molecule has 182 valence electrons. The summed E-state index contributed by atoms with van der Waals surface area (Å²) in [5.41, 5.74) is 4.90. The van der Waals surface area contributed by atoms with Crippen LogP contribution in [-0.2, 0) is 25.8 Å². The molecule has 0 saturated carbocycles. The SMILES string of the molecule is CCc1cc(Cc2ccc(F)c(C(=O)N3CCC(N4CCc5ccccc5C4)CC3)c2)n[nH]c1=O. The first-order valence-electron chi connectivity index (χ1n) is 12.5. The van der Waals surface area contributed by atoms with E-state index in [1.807, 2.05) is 6.92 Å². The summed E-state index contributed by atoms with van der Waals surface area (Å²) in [6.07, 6.45) is 3.89. The third-order valence-corrected chi connectivity index (χ3v) is 7.39. The summed E-state index contributed by atoms with van der Waals surface area (Å²) in [6.45, 7) is 5.19. The third kappa shape index (κ3) is 5.05. The number of aryl methyl sites for hydroxylation is 1. The van der Waals surface area contributed by atoms with E-state index < -0.39 is 5.82 Å². The van der Waals surface area contributed by atoms with Crippen LogP contribution >= 0.6 is 0 Å². The Kier molecular flexibility index (Phi) is 6.77. The molecule has 0 aliphatic carbocycles. The Balaban J connectivity index is 1.23. The van der Waals surface area contributed by atoms with E-state index in [1.165, 1.54) is 17.2 Å². The molecule has 6 nitrogen and oxygen atoms in total. The highest BCUT2D eigenvalue weighted by molar-refractivity contribution is 5.94. The smallest absolute Gasteiger partial charge is 0.267 e. The molecular weight excluding hydrogens is 443 g/mol. The van der Waals surface area contributed by atoms with Crippen molar-refractivity contribution in [1.29, 1.82) is 0 Å². The number of hydrogen-bond acceptors (Lipinski definition) is 4. The van der Waals surface area contributed by atoms with Crippen LogP contribution in [0.4, 0.5) is 4.39 Å². The molecule has 0 bridgehead atoms. The number of rotatable bonds is 5. The predicted octanol–water partition coefficient (Wildman–Crippen LogP) is 3.73. The molecule has 3 aromatic rings. The molecule has 1 N–H and O–H groups in total. The molecule has 1 aromatic heterocycles. The number of hydrogen-bond donors (Lipinski definition) is 1. The molecule has 1 amide bonds. The molecule has 35 heavy (non-hydrogen) atoms. The number of halogens is 1. The van der Waals surface area contributed by atoms with Crippen molar-refractivity contribution in [2.75, 3.05) is 19.6 Å². The van der Waals surface area contributed by atoms with E-state index in [2.05, 4.69) is 39.4 Å². The van der Waals surface area contributed by atoms with Crippen molar-refractivity contribution in [1.82, 2.24) is 20.0 Å². The lowest BCUT2D eigenvalue weighted by Crippen LogP contribution is -2.48. The minimum atomic E-state index is -0.503. The van der Waals surface area contributed by atoms with Crippen molar-refractivity contribution in [2.45, 2.75) is 51.6 Å². The van der Waals surface area contributed by atoms with Crippen molar-refractivity contribution in [3.8, 4) is 0 Å². The number of benzene rings is 2. The van der Waals surface area contributed by atoms with E-state index in [0.717, 1.165) is 37.9 Å². The lowest BCUT2D eigenvalue weighted by molar-refractivity contribution is 0.0595. The Morgan fingerprint density at radius 1 is 1.09 bits per heavy atom. The first-order valence-corrected chi connectivity index (χ1v) is 12.5. The monoisotopic (exact) mass is 474 g/mol. The van der Waals surface area contributed by atoms with E-state index in [9.17, 15) is 14.0 Å². The maximum Gasteiger partial charge on any atom is 0.267 e. The zero-order valence-corrected chi connectivity index (χ0v) is 20.1. The molecule has 2 aliphatic rings. The van der Waals surface area contributed by atoms with Crippen LogP contribution in [0.15, 0.2) is 53.3 Å². The standard InChI is InChI=1S/C28H31FN4O2/c1-2-20-17-23(30-31-27(20)34)15-19-7-8-26(29)25(16-19)28(35)32-13-10-24(11-14-32)33-12-9-21-5-3-4-6-22(21)18-33/h3-8,16-17,24H,2,9-15,18H2,1H3,(H,31,34). The lowest BCUT2D eigenvalue weighted by atomic mass is 9.95. The van der Waals surface area contributed by atoms with Gasteiger partial charge in [-0.15, -0.1) is 0 Å². The summed E-state index contributed by atoms with van der Waals surface area (Å²) in [5, 5.41) is 6.62. The lowest BCUT2D eigenvalue weighted by Gasteiger charge is -2.40. The first kappa shape index (κ1) is 23.4. The summed E-state index contributed by atoms with van der Waals surface area (Å²) in [7, 11) is 0. The number of likely N-dealkylation sites (tertiary alicyclic amines) is 1. The van der Waals surface area contributed by atoms with E-state index >= 15 is 0 Å². The Morgan fingerprint density at radius 3 is 2.63 bits per heavy atom. The number of amides is 1. The van der Waals surface area contributed by atoms with Crippen LogP contribution in [0.25, 0.3) is 0 Å². The van der Waals surface area contributed by atoms with E-state index in [1.54, 1.807) is 23.1 Å². The molecular formula is C28H31FN4O2. The van der Waals surface area contributed by atoms with Crippen molar-refractivity contribution in [3.63, 3.8) is 0 Å². The molecule has 2 aromatic carbocycles. The Morgan fingerprint density at radius 2 is 1.86 bits per heavy atom. The highest BCUT2D eigenvalue weighted by Crippen LogP contribution is 2.26. The van der Waals surface area contributed by atoms with Crippen molar-refractivity contribution < 1.29 is 9.18 Å². The number of fused-ring (bicyclic) bond motifs is 1. The summed E-state index contributed by atoms with van der Waals surface area (Å²) in [4.78, 5) is 29.3. The van der Waals surface area contributed by atoms with Crippen LogP contribution in [-0.4, -0.2) is 51.6 Å². The average molecular weight is 475 g/mol. The van der Waals surface area contributed by atoms with Crippen LogP contribution in [0.1, 0.15) is 58.1 Å². The second-order valence-corrected chi connectivity index (χ2v) is 9.57. The van der Waals surface area contributed by atoms with Gasteiger partial charge in [0.25, 0.3) is 11.5 Å². The Labute approximate surface area is 204 Å². The topological polar surface area (TPSA) is 69.3 Å². The fraction of sp³-hybridized carbons (Fsp3) is 0.393. The van der Waals surface area contributed by atoms with Gasteiger partial charge < -0.3 is 4.90 Å². The molecule has 0 unspecified atom stereocenters. The zero-order valence-electron chi connectivity index (χ0n) is 20.1. The molecule has 5 rings (SSSR count).